The number of hydrogen-bond donors (Lipinski definition) is 2. The van der Waals surface area contributed by atoms with Crippen molar-refractivity contribution in [1.29, 1.82) is 0 Å². The van der Waals surface area contributed by atoms with Crippen LogP contribution in [0.3, 0.4) is 0 Å². The van der Waals surface area contributed by atoms with Crippen molar-refractivity contribution in [2.24, 2.45) is 0 Å². The highest BCUT2D eigenvalue weighted by Gasteiger charge is 2.25. The first-order valence-electron chi connectivity index (χ1n) is 5.12. The topological polar surface area (TPSA) is 134 Å². The van der Waals surface area contributed by atoms with E-state index in [1.54, 1.807) is 0 Å². The van der Waals surface area contributed by atoms with Crippen molar-refractivity contribution >= 4 is 17.6 Å². The van der Waals surface area contributed by atoms with Gasteiger partial charge in [0, 0.05) is 13.1 Å². The Balaban J connectivity index is 3.19. The zero-order chi connectivity index (χ0) is 14.7. The van der Waals surface area contributed by atoms with Gasteiger partial charge in [-0.05, 0) is 6.92 Å². The lowest BCUT2D eigenvalue weighted by Gasteiger charge is -2.20. The van der Waals surface area contributed by atoms with Gasteiger partial charge in [-0.1, -0.05) is 0 Å². The number of nitrogens with one attached hydrogen (secondary N) is 1. The van der Waals surface area contributed by atoms with Gasteiger partial charge in [-0.2, -0.15) is 0 Å². The summed E-state index contributed by atoms with van der Waals surface area (Å²) in [5.41, 5.74) is -1.76. The zero-order valence-electron chi connectivity index (χ0n) is 10.1. The van der Waals surface area contributed by atoms with E-state index in [4.69, 9.17) is 5.11 Å². The van der Waals surface area contributed by atoms with Crippen LogP contribution in [0.1, 0.15) is 17.3 Å². The third-order valence-corrected chi connectivity index (χ3v) is 2.59. The maximum atomic E-state index is 11.9. The molecule has 9 heteroatoms. The third-order valence-electron chi connectivity index (χ3n) is 2.59. The van der Waals surface area contributed by atoms with Crippen molar-refractivity contribution in [1.82, 2.24) is 9.88 Å². The fourth-order valence-corrected chi connectivity index (χ4v) is 1.27. The number of carbonyl (C=O) groups excluding carboxylic acids is 1. The summed E-state index contributed by atoms with van der Waals surface area (Å²) in [4.78, 5) is 46.8. The number of aliphatic carboxylic acids is 1. The molecule has 1 atom stereocenters. The number of rotatable bonds is 4. The lowest BCUT2D eigenvalue weighted by Crippen LogP contribution is -2.42. The SMILES string of the molecule is CC(C(=O)O)N(C)C(=O)c1cc([N+](=O)[O-])c[nH]c1=O. The average molecular weight is 269 g/mol. The number of nitrogens with zero attached hydrogens (tertiary/aromatic N) is 2. The number of carbonyl (C=O) groups is 2. The molecule has 0 aliphatic rings. The highest BCUT2D eigenvalue weighted by molar-refractivity contribution is 5.96. The van der Waals surface area contributed by atoms with Crippen LogP contribution in [-0.2, 0) is 4.79 Å². The molecule has 0 saturated carbocycles. The Hall–Kier alpha value is -2.71. The second-order valence-corrected chi connectivity index (χ2v) is 3.79. The zero-order valence-corrected chi connectivity index (χ0v) is 10.1. The second kappa shape index (κ2) is 5.29. The molecule has 0 radical (unpaired) electrons. The first-order valence-corrected chi connectivity index (χ1v) is 5.12. The smallest absolute Gasteiger partial charge is 0.326 e. The average Bonchev–Trinajstić information content (AvgIpc) is 2.36. The van der Waals surface area contributed by atoms with Crippen molar-refractivity contribution in [3.8, 4) is 0 Å². The van der Waals surface area contributed by atoms with Crippen LogP contribution in [-0.4, -0.2) is 44.9 Å². The van der Waals surface area contributed by atoms with Crippen molar-refractivity contribution in [2.45, 2.75) is 13.0 Å². The molecule has 1 heterocycles. The Labute approximate surface area is 106 Å². The molecule has 0 fully saturated rings. The highest BCUT2D eigenvalue weighted by atomic mass is 16.6. The molecular weight excluding hydrogens is 258 g/mol. The molecule has 102 valence electrons. The number of likely N-dealkylation sites (N-methyl/N-ethyl adjacent to an activating group) is 1. The molecular formula is C10H11N3O6. The van der Waals surface area contributed by atoms with Gasteiger partial charge in [0.1, 0.15) is 11.6 Å². The van der Waals surface area contributed by atoms with E-state index < -0.39 is 39.7 Å². The molecule has 19 heavy (non-hydrogen) atoms. The molecule has 1 aromatic heterocycles. The number of amides is 1. The van der Waals surface area contributed by atoms with Crippen molar-refractivity contribution in [2.75, 3.05) is 7.05 Å². The molecule has 9 nitrogen and oxygen atoms in total. The lowest BCUT2D eigenvalue weighted by atomic mass is 10.2. The minimum Gasteiger partial charge on any atom is -0.480 e. The number of H-pyrrole nitrogens is 1. The van der Waals surface area contributed by atoms with Crippen molar-refractivity contribution in [3.63, 3.8) is 0 Å². The van der Waals surface area contributed by atoms with E-state index in [0.717, 1.165) is 17.2 Å². The number of hydrogen-bond acceptors (Lipinski definition) is 5. The third kappa shape index (κ3) is 2.94. The molecule has 0 aromatic carbocycles. The monoisotopic (exact) mass is 269 g/mol. The van der Waals surface area contributed by atoms with Crippen LogP contribution >= 0.6 is 0 Å². The summed E-state index contributed by atoms with van der Waals surface area (Å²) in [5.74, 6) is -2.16. The summed E-state index contributed by atoms with van der Waals surface area (Å²) in [7, 11) is 1.19. The molecule has 1 rings (SSSR count). The quantitative estimate of drug-likeness (QED) is 0.575. The van der Waals surface area contributed by atoms with Crippen LogP contribution < -0.4 is 5.56 Å². The lowest BCUT2D eigenvalue weighted by molar-refractivity contribution is -0.385. The molecule has 2 N–H and O–H groups in total. The van der Waals surface area contributed by atoms with E-state index in [1.165, 1.54) is 14.0 Å². The first-order chi connectivity index (χ1) is 8.75. The van der Waals surface area contributed by atoms with Crippen LogP contribution in [0, 0.1) is 10.1 Å². The second-order valence-electron chi connectivity index (χ2n) is 3.79. The van der Waals surface area contributed by atoms with E-state index >= 15 is 0 Å². The number of carboxylic acid groups (broad SMARTS) is 1. The first kappa shape index (κ1) is 14.4. The van der Waals surface area contributed by atoms with E-state index in [0.29, 0.717) is 0 Å². The number of aromatic nitrogens is 1. The summed E-state index contributed by atoms with van der Waals surface area (Å²) in [5, 5.41) is 19.3. The Morgan fingerprint density at radius 2 is 2.11 bits per heavy atom. The minimum absolute atomic E-state index is 0.459. The fraction of sp³-hybridized carbons (Fsp3) is 0.300. The summed E-state index contributed by atoms with van der Waals surface area (Å²) in [6.07, 6.45) is 0.861. The molecule has 0 spiro atoms. The number of pyridine rings is 1. The predicted octanol–water partition coefficient (Wildman–Crippen LogP) is -0.172. The van der Waals surface area contributed by atoms with Gasteiger partial charge in [0.05, 0.1) is 11.1 Å². The number of aromatic amines is 1. The van der Waals surface area contributed by atoms with Crippen LogP contribution in [0.5, 0.6) is 0 Å². The number of nitro groups is 1. The van der Waals surface area contributed by atoms with Gasteiger partial charge < -0.3 is 15.0 Å². The molecule has 1 amide bonds. The van der Waals surface area contributed by atoms with Crippen LogP contribution in [0.4, 0.5) is 5.69 Å². The minimum atomic E-state index is -1.25. The van der Waals surface area contributed by atoms with E-state index in [2.05, 4.69) is 4.98 Å². The van der Waals surface area contributed by atoms with Gasteiger partial charge in [0.15, 0.2) is 0 Å². The Morgan fingerprint density at radius 1 is 1.53 bits per heavy atom. The molecule has 1 unspecified atom stereocenters. The highest BCUT2D eigenvalue weighted by Crippen LogP contribution is 2.10. The Kier molecular flexibility index (Phi) is 4.00. The van der Waals surface area contributed by atoms with Crippen LogP contribution in [0.2, 0.25) is 0 Å². The number of carboxylic acids is 1. The molecule has 0 bridgehead atoms. The van der Waals surface area contributed by atoms with E-state index in [1.807, 2.05) is 0 Å². The van der Waals surface area contributed by atoms with E-state index in [9.17, 15) is 24.5 Å². The summed E-state index contributed by atoms with van der Waals surface area (Å²) in [6.45, 7) is 1.26. The normalized spacial score (nSPS) is 11.7. The fourth-order valence-electron chi connectivity index (χ4n) is 1.27. The Bertz CT molecular complexity index is 593. The standard InChI is InChI=1S/C10H11N3O6/c1-5(10(16)17)12(2)9(15)7-3-6(13(18)19)4-11-8(7)14/h3-5H,1-2H3,(H,11,14)(H,16,17). The van der Waals surface area contributed by atoms with Crippen molar-refractivity contribution in [3.05, 3.63) is 38.3 Å². The molecule has 0 aliphatic heterocycles. The molecule has 0 aliphatic carbocycles. The van der Waals surface area contributed by atoms with Gasteiger partial charge in [-0.15, -0.1) is 0 Å². The summed E-state index contributed by atoms with van der Waals surface area (Å²) < 4.78 is 0. The van der Waals surface area contributed by atoms with Gasteiger partial charge in [0.2, 0.25) is 0 Å². The van der Waals surface area contributed by atoms with Gasteiger partial charge in [0.25, 0.3) is 17.2 Å². The predicted molar refractivity (Wildman–Crippen MR) is 62.9 cm³/mol. The maximum Gasteiger partial charge on any atom is 0.326 e. The molecule has 1 aromatic rings. The van der Waals surface area contributed by atoms with Gasteiger partial charge in [-0.3, -0.25) is 19.7 Å². The maximum absolute atomic E-state index is 11.9. The van der Waals surface area contributed by atoms with E-state index in [-0.39, 0.29) is 0 Å². The summed E-state index contributed by atoms with van der Waals surface area (Å²) in [6, 6.07) is -0.349. The largest absolute Gasteiger partial charge is 0.480 e. The van der Waals surface area contributed by atoms with Crippen molar-refractivity contribution < 1.29 is 19.6 Å². The van der Waals surface area contributed by atoms with Gasteiger partial charge in [-0.25, -0.2) is 4.79 Å². The van der Waals surface area contributed by atoms with Crippen LogP contribution in [0.15, 0.2) is 17.1 Å². The van der Waals surface area contributed by atoms with Crippen LogP contribution in [0.25, 0.3) is 0 Å². The Morgan fingerprint density at radius 3 is 2.58 bits per heavy atom. The van der Waals surface area contributed by atoms with Gasteiger partial charge >= 0.3 is 5.97 Å². The summed E-state index contributed by atoms with van der Waals surface area (Å²) >= 11 is 0. The molecule has 0 saturated heterocycles.